The number of hydrogen-bond donors (Lipinski definition) is 1. The van der Waals surface area contributed by atoms with Crippen LogP contribution in [0.3, 0.4) is 0 Å². The molecule has 5 heteroatoms. The van der Waals surface area contributed by atoms with Crippen molar-refractivity contribution in [2.75, 3.05) is 47.4 Å². The molecule has 0 bridgehead atoms. The quantitative estimate of drug-likeness (QED) is 0.565. The summed E-state index contributed by atoms with van der Waals surface area (Å²) in [5, 5.41) is 1.15. The molecule has 2 heterocycles. The van der Waals surface area contributed by atoms with E-state index in [9.17, 15) is 0 Å². The number of hydrogen-bond acceptors (Lipinski definition) is 5. The predicted molar refractivity (Wildman–Crippen MR) is 133 cm³/mol. The van der Waals surface area contributed by atoms with Gasteiger partial charge in [-0.05, 0) is 101 Å². The molecule has 1 aliphatic heterocycles. The maximum Gasteiger partial charge on any atom is 0.118 e. The molecule has 32 heavy (non-hydrogen) atoms. The molecule has 0 amide bonds. The molecule has 0 spiro atoms. The Morgan fingerprint density at radius 2 is 1.84 bits per heavy atom. The molecule has 2 N–H and O–H groups in total. The Kier molecular flexibility index (Phi) is 7.40. The number of nitrogens with two attached hydrogens (primary N) is 1. The number of fused-ring (bicyclic) bond motifs is 1. The monoisotopic (exact) mass is 432 g/mol. The van der Waals surface area contributed by atoms with Crippen LogP contribution in [0, 0.1) is 5.92 Å². The van der Waals surface area contributed by atoms with Crippen molar-refractivity contribution in [3.05, 3.63) is 60.2 Å². The SMILES string of the molecule is COc1ccc(-c2cc(C(N)CCN(C)CC3CCN(C)CC3)c3ccccc3n2)cc1. The smallest absolute Gasteiger partial charge is 0.118 e. The average Bonchev–Trinajstić information content (AvgIpc) is 2.83. The van der Waals surface area contributed by atoms with Crippen molar-refractivity contribution < 1.29 is 4.74 Å². The first-order chi connectivity index (χ1) is 15.5. The number of pyridine rings is 1. The Morgan fingerprint density at radius 1 is 1.12 bits per heavy atom. The minimum atomic E-state index is -0.0279. The van der Waals surface area contributed by atoms with Gasteiger partial charge in [0, 0.05) is 23.5 Å². The van der Waals surface area contributed by atoms with E-state index >= 15 is 0 Å². The van der Waals surface area contributed by atoms with Gasteiger partial charge >= 0.3 is 0 Å². The Morgan fingerprint density at radius 3 is 2.56 bits per heavy atom. The second kappa shape index (κ2) is 10.4. The number of ether oxygens (including phenoxy) is 1. The fourth-order valence-corrected chi connectivity index (χ4v) is 4.71. The first kappa shape index (κ1) is 22.7. The van der Waals surface area contributed by atoms with Crippen LogP contribution in [0.1, 0.15) is 30.9 Å². The number of nitrogens with zero attached hydrogens (tertiary/aromatic N) is 3. The van der Waals surface area contributed by atoms with Crippen LogP contribution in [0.4, 0.5) is 0 Å². The molecule has 0 aliphatic carbocycles. The summed E-state index contributed by atoms with van der Waals surface area (Å²) in [4.78, 5) is 9.81. The normalized spacial score (nSPS) is 16.5. The van der Waals surface area contributed by atoms with Crippen LogP contribution < -0.4 is 10.5 Å². The van der Waals surface area contributed by atoms with Crippen molar-refractivity contribution in [2.45, 2.75) is 25.3 Å². The largest absolute Gasteiger partial charge is 0.497 e. The maximum atomic E-state index is 6.77. The first-order valence-corrected chi connectivity index (χ1v) is 11.7. The van der Waals surface area contributed by atoms with E-state index in [1.165, 1.54) is 31.5 Å². The summed E-state index contributed by atoms with van der Waals surface area (Å²) in [6.07, 6.45) is 3.53. The lowest BCUT2D eigenvalue weighted by Gasteiger charge is -2.32. The highest BCUT2D eigenvalue weighted by Gasteiger charge is 2.19. The summed E-state index contributed by atoms with van der Waals surface area (Å²) < 4.78 is 5.30. The molecule has 1 saturated heterocycles. The van der Waals surface area contributed by atoms with Gasteiger partial charge in [-0.1, -0.05) is 18.2 Å². The number of piperidine rings is 1. The molecule has 0 radical (unpaired) electrons. The summed E-state index contributed by atoms with van der Waals surface area (Å²) in [6, 6.07) is 18.5. The Bertz CT molecular complexity index is 1010. The molecule has 2 aromatic carbocycles. The van der Waals surface area contributed by atoms with Gasteiger partial charge in [0.2, 0.25) is 0 Å². The molecule has 1 fully saturated rings. The van der Waals surface area contributed by atoms with Crippen molar-refractivity contribution in [1.82, 2.24) is 14.8 Å². The van der Waals surface area contributed by atoms with Crippen LogP contribution in [0.2, 0.25) is 0 Å². The van der Waals surface area contributed by atoms with Gasteiger partial charge in [0.15, 0.2) is 0 Å². The molecular formula is C27H36N4O. The molecule has 0 saturated carbocycles. The Labute approximate surface area is 192 Å². The van der Waals surface area contributed by atoms with Crippen molar-refractivity contribution in [1.29, 1.82) is 0 Å². The van der Waals surface area contributed by atoms with Crippen LogP contribution in [0.25, 0.3) is 22.2 Å². The zero-order chi connectivity index (χ0) is 22.5. The van der Waals surface area contributed by atoms with Gasteiger partial charge in [0.25, 0.3) is 0 Å². The fraction of sp³-hybridized carbons (Fsp3) is 0.444. The van der Waals surface area contributed by atoms with E-state index in [0.29, 0.717) is 0 Å². The van der Waals surface area contributed by atoms with E-state index in [1.807, 2.05) is 18.2 Å². The van der Waals surface area contributed by atoms with Gasteiger partial charge < -0.3 is 20.3 Å². The van der Waals surface area contributed by atoms with E-state index in [1.54, 1.807) is 7.11 Å². The second-order valence-electron chi connectivity index (χ2n) is 9.25. The van der Waals surface area contributed by atoms with Crippen molar-refractivity contribution in [3.63, 3.8) is 0 Å². The molecule has 4 rings (SSSR count). The van der Waals surface area contributed by atoms with E-state index in [0.717, 1.165) is 53.3 Å². The van der Waals surface area contributed by atoms with Gasteiger partial charge in [0.05, 0.1) is 18.3 Å². The molecular weight excluding hydrogens is 396 g/mol. The summed E-state index contributed by atoms with van der Waals surface area (Å²) >= 11 is 0. The number of likely N-dealkylation sites (tertiary alicyclic amines) is 1. The number of aromatic nitrogens is 1. The Hall–Kier alpha value is -2.47. The lowest BCUT2D eigenvalue weighted by molar-refractivity contribution is 0.174. The standard InChI is InChI=1S/C27H36N4O/c1-30-15-12-20(13-16-30)19-31(2)17-14-25(28)24-18-27(21-8-10-22(32-3)11-9-21)29-26-7-5-4-6-23(24)26/h4-11,18,20,25H,12-17,19,28H2,1-3H3. The third-order valence-electron chi connectivity index (χ3n) is 6.76. The minimum absolute atomic E-state index is 0.0279. The van der Waals surface area contributed by atoms with Crippen LogP contribution in [0.5, 0.6) is 5.75 Å². The summed E-state index contributed by atoms with van der Waals surface area (Å²) in [5.41, 5.74) is 11.0. The molecule has 3 aromatic rings. The van der Waals surface area contributed by atoms with Crippen LogP contribution in [-0.4, -0.2) is 62.2 Å². The zero-order valence-electron chi connectivity index (χ0n) is 19.6. The third kappa shape index (κ3) is 5.47. The topological polar surface area (TPSA) is 54.6 Å². The fourth-order valence-electron chi connectivity index (χ4n) is 4.71. The van der Waals surface area contributed by atoms with Crippen molar-refractivity contribution >= 4 is 10.9 Å². The highest BCUT2D eigenvalue weighted by molar-refractivity contribution is 5.85. The predicted octanol–water partition coefficient (Wildman–Crippen LogP) is 4.57. The average molecular weight is 433 g/mol. The van der Waals surface area contributed by atoms with Gasteiger partial charge in [-0.25, -0.2) is 4.98 Å². The van der Waals surface area contributed by atoms with Crippen molar-refractivity contribution in [3.8, 4) is 17.0 Å². The molecule has 1 unspecified atom stereocenters. The van der Waals surface area contributed by atoms with E-state index in [-0.39, 0.29) is 6.04 Å². The molecule has 1 atom stereocenters. The summed E-state index contributed by atoms with van der Waals surface area (Å²) in [7, 11) is 6.14. The number of methoxy groups -OCH3 is 1. The van der Waals surface area contributed by atoms with Crippen molar-refractivity contribution in [2.24, 2.45) is 11.7 Å². The highest BCUT2D eigenvalue weighted by Crippen LogP contribution is 2.30. The zero-order valence-corrected chi connectivity index (χ0v) is 19.6. The van der Waals surface area contributed by atoms with Gasteiger partial charge in [-0.2, -0.15) is 0 Å². The molecule has 1 aliphatic rings. The maximum absolute atomic E-state index is 6.77. The van der Waals surface area contributed by atoms with Gasteiger partial charge in [-0.3, -0.25) is 0 Å². The molecule has 1 aromatic heterocycles. The number of rotatable bonds is 8. The Balaban J connectivity index is 1.49. The van der Waals surface area contributed by atoms with Gasteiger partial charge in [-0.15, -0.1) is 0 Å². The third-order valence-corrected chi connectivity index (χ3v) is 6.76. The number of para-hydroxylation sites is 1. The second-order valence-corrected chi connectivity index (χ2v) is 9.25. The van der Waals surface area contributed by atoms with E-state index < -0.39 is 0 Å². The lowest BCUT2D eigenvalue weighted by atomic mass is 9.95. The van der Waals surface area contributed by atoms with E-state index in [4.69, 9.17) is 15.5 Å². The lowest BCUT2D eigenvalue weighted by Crippen LogP contribution is -2.36. The van der Waals surface area contributed by atoms with E-state index in [2.05, 4.69) is 60.3 Å². The molecule has 5 nitrogen and oxygen atoms in total. The highest BCUT2D eigenvalue weighted by atomic mass is 16.5. The van der Waals surface area contributed by atoms with Crippen LogP contribution in [-0.2, 0) is 0 Å². The molecule has 170 valence electrons. The van der Waals surface area contributed by atoms with Gasteiger partial charge in [0.1, 0.15) is 5.75 Å². The summed E-state index contributed by atoms with van der Waals surface area (Å²) in [6.45, 7) is 4.60. The first-order valence-electron chi connectivity index (χ1n) is 11.7. The van der Waals surface area contributed by atoms with Crippen LogP contribution in [0.15, 0.2) is 54.6 Å². The van der Waals surface area contributed by atoms with Crippen LogP contribution >= 0.6 is 0 Å². The number of benzene rings is 2. The minimum Gasteiger partial charge on any atom is -0.497 e. The summed E-state index contributed by atoms with van der Waals surface area (Å²) in [5.74, 6) is 1.65.